The second-order valence-corrected chi connectivity index (χ2v) is 7.60. The summed E-state index contributed by atoms with van der Waals surface area (Å²) in [6.07, 6.45) is -3.01. The molecule has 0 N–H and O–H groups in total. The third-order valence-corrected chi connectivity index (χ3v) is 5.24. The molecular weight excluding hydrogens is 409 g/mol. The van der Waals surface area contributed by atoms with Crippen LogP contribution in [0.4, 0.5) is 18.9 Å². The van der Waals surface area contributed by atoms with Crippen LogP contribution in [-0.4, -0.2) is 39.5 Å². The number of benzene rings is 1. The van der Waals surface area contributed by atoms with Gasteiger partial charge in [-0.15, -0.1) is 0 Å². The summed E-state index contributed by atoms with van der Waals surface area (Å²) < 4.78 is 44.8. The Labute approximate surface area is 177 Å². The minimum Gasteiger partial charge on any atom is -0.481 e. The van der Waals surface area contributed by atoms with E-state index in [2.05, 4.69) is 10.1 Å². The Hall–Kier alpha value is -3.36. The fourth-order valence-electron chi connectivity index (χ4n) is 3.58. The number of halogens is 3. The van der Waals surface area contributed by atoms with E-state index in [0.717, 1.165) is 18.2 Å². The lowest BCUT2D eigenvalue weighted by Crippen LogP contribution is -2.42. The molecule has 6 nitrogen and oxygen atoms in total. The largest absolute Gasteiger partial charge is 0.481 e. The van der Waals surface area contributed by atoms with Crippen molar-refractivity contribution in [1.82, 2.24) is 14.8 Å². The van der Waals surface area contributed by atoms with Crippen LogP contribution in [0.25, 0.3) is 11.1 Å². The van der Waals surface area contributed by atoms with E-state index in [4.69, 9.17) is 4.74 Å². The van der Waals surface area contributed by atoms with Crippen LogP contribution >= 0.6 is 0 Å². The summed E-state index contributed by atoms with van der Waals surface area (Å²) in [7, 11) is 0. The van der Waals surface area contributed by atoms with Crippen molar-refractivity contribution in [2.45, 2.75) is 39.1 Å². The molecule has 0 saturated heterocycles. The standard InChI is InChI=1S/C22H21F3N4O2/c1-13-10-16(8-9-26-13)19-11-27-29-14(2)12-28(21(30)20(19)29)17-4-6-18(7-5-17)31-15(3)22(23,24)25/h4-11,14-15H,12H2,1-3H3/t14-,15?/m0/s1. The van der Waals surface area contributed by atoms with Crippen LogP contribution in [0.2, 0.25) is 0 Å². The fraction of sp³-hybridized carbons (Fsp3) is 0.318. The van der Waals surface area contributed by atoms with Gasteiger partial charge in [0.1, 0.15) is 11.4 Å². The summed E-state index contributed by atoms with van der Waals surface area (Å²) in [5.41, 5.74) is 3.44. The van der Waals surface area contributed by atoms with E-state index in [0.29, 0.717) is 23.5 Å². The Morgan fingerprint density at radius 2 is 1.90 bits per heavy atom. The second kappa shape index (κ2) is 7.72. The maximum atomic E-state index is 13.4. The average Bonchev–Trinajstić information content (AvgIpc) is 3.17. The maximum absolute atomic E-state index is 13.4. The molecule has 9 heteroatoms. The number of ether oxygens (including phenoxy) is 1. The number of hydrogen-bond donors (Lipinski definition) is 0. The topological polar surface area (TPSA) is 60.2 Å². The molecule has 1 aliphatic heterocycles. The fourth-order valence-corrected chi connectivity index (χ4v) is 3.58. The van der Waals surface area contributed by atoms with Crippen molar-refractivity contribution < 1.29 is 22.7 Å². The normalized spacial score (nSPS) is 17.4. The van der Waals surface area contributed by atoms with Crippen LogP contribution in [0, 0.1) is 6.92 Å². The highest BCUT2D eigenvalue weighted by atomic mass is 19.4. The number of nitrogens with zero attached hydrogens (tertiary/aromatic N) is 4. The molecule has 2 aromatic heterocycles. The lowest BCUT2D eigenvalue weighted by molar-refractivity contribution is -0.189. The molecular formula is C22H21F3N4O2. The van der Waals surface area contributed by atoms with E-state index >= 15 is 0 Å². The lowest BCUT2D eigenvalue weighted by Gasteiger charge is -2.32. The summed E-state index contributed by atoms with van der Waals surface area (Å²) in [6, 6.07) is 9.70. The molecule has 1 aliphatic rings. The molecule has 0 bridgehead atoms. The zero-order valence-corrected chi connectivity index (χ0v) is 17.2. The van der Waals surface area contributed by atoms with Crippen molar-refractivity contribution in [3.63, 3.8) is 0 Å². The number of aromatic nitrogens is 3. The van der Waals surface area contributed by atoms with E-state index in [-0.39, 0.29) is 17.7 Å². The lowest BCUT2D eigenvalue weighted by atomic mass is 10.0. The van der Waals surface area contributed by atoms with Gasteiger partial charge in [-0.1, -0.05) is 0 Å². The van der Waals surface area contributed by atoms with Crippen LogP contribution in [0.15, 0.2) is 48.8 Å². The number of anilines is 1. The first kappa shape index (κ1) is 20.9. The summed E-state index contributed by atoms with van der Waals surface area (Å²) in [5, 5.41) is 4.41. The molecule has 0 spiro atoms. The van der Waals surface area contributed by atoms with Crippen molar-refractivity contribution in [1.29, 1.82) is 0 Å². The Balaban J connectivity index is 1.63. The Morgan fingerprint density at radius 3 is 2.55 bits per heavy atom. The summed E-state index contributed by atoms with van der Waals surface area (Å²) >= 11 is 0. The highest BCUT2D eigenvalue weighted by Crippen LogP contribution is 2.33. The molecule has 0 aliphatic carbocycles. The number of fused-ring (bicyclic) bond motifs is 1. The van der Waals surface area contributed by atoms with E-state index < -0.39 is 12.3 Å². The zero-order chi connectivity index (χ0) is 22.3. The van der Waals surface area contributed by atoms with Crippen LogP contribution in [0.1, 0.15) is 36.1 Å². The van der Waals surface area contributed by atoms with Crippen LogP contribution < -0.4 is 9.64 Å². The average molecular weight is 430 g/mol. The molecule has 162 valence electrons. The van der Waals surface area contributed by atoms with Crippen molar-refractivity contribution in [2.24, 2.45) is 0 Å². The molecule has 0 radical (unpaired) electrons. The van der Waals surface area contributed by atoms with Gasteiger partial charge in [0.05, 0.1) is 12.2 Å². The number of pyridine rings is 1. The summed E-state index contributed by atoms with van der Waals surface area (Å²) in [5.74, 6) is -0.138. The Kier molecular flexibility index (Phi) is 5.20. The van der Waals surface area contributed by atoms with Gasteiger partial charge in [-0.2, -0.15) is 18.3 Å². The van der Waals surface area contributed by atoms with Crippen molar-refractivity contribution >= 4 is 11.6 Å². The van der Waals surface area contributed by atoms with Crippen molar-refractivity contribution in [3.05, 3.63) is 60.2 Å². The number of carbonyl (C=O) groups is 1. The van der Waals surface area contributed by atoms with Gasteiger partial charge >= 0.3 is 6.18 Å². The quantitative estimate of drug-likeness (QED) is 0.596. The number of hydrogen-bond acceptors (Lipinski definition) is 4. The monoisotopic (exact) mass is 430 g/mol. The van der Waals surface area contributed by atoms with Gasteiger partial charge in [0.2, 0.25) is 0 Å². The van der Waals surface area contributed by atoms with Crippen LogP contribution in [0.5, 0.6) is 5.75 Å². The van der Waals surface area contributed by atoms with Gasteiger partial charge in [-0.3, -0.25) is 14.5 Å². The molecule has 2 atom stereocenters. The summed E-state index contributed by atoms with van der Waals surface area (Å²) in [6.45, 7) is 5.17. The van der Waals surface area contributed by atoms with Gasteiger partial charge in [-0.25, -0.2) is 0 Å². The maximum Gasteiger partial charge on any atom is 0.425 e. The summed E-state index contributed by atoms with van der Waals surface area (Å²) in [4.78, 5) is 19.2. The first-order valence-electron chi connectivity index (χ1n) is 9.81. The highest BCUT2D eigenvalue weighted by Gasteiger charge is 2.38. The predicted molar refractivity (Wildman–Crippen MR) is 109 cm³/mol. The van der Waals surface area contributed by atoms with Gasteiger partial charge in [-0.05, 0) is 62.7 Å². The first-order valence-corrected chi connectivity index (χ1v) is 9.81. The molecule has 3 aromatic rings. The molecule has 1 aromatic carbocycles. The molecule has 31 heavy (non-hydrogen) atoms. The van der Waals surface area contributed by atoms with Crippen molar-refractivity contribution in [2.75, 3.05) is 11.4 Å². The number of alkyl halides is 3. The van der Waals surface area contributed by atoms with Crippen LogP contribution in [0.3, 0.4) is 0 Å². The molecule has 3 heterocycles. The smallest absolute Gasteiger partial charge is 0.425 e. The predicted octanol–water partition coefficient (Wildman–Crippen LogP) is 4.80. The van der Waals surface area contributed by atoms with E-state index in [9.17, 15) is 18.0 Å². The molecule has 1 amide bonds. The van der Waals surface area contributed by atoms with Gasteiger partial charge < -0.3 is 9.64 Å². The molecule has 4 rings (SSSR count). The van der Waals surface area contributed by atoms with E-state index in [1.165, 1.54) is 12.1 Å². The number of rotatable bonds is 4. The number of aryl methyl sites for hydroxylation is 1. The van der Waals surface area contributed by atoms with Crippen molar-refractivity contribution in [3.8, 4) is 16.9 Å². The third-order valence-electron chi connectivity index (χ3n) is 5.24. The van der Waals surface area contributed by atoms with Crippen LogP contribution in [-0.2, 0) is 0 Å². The Morgan fingerprint density at radius 1 is 1.19 bits per heavy atom. The molecule has 0 fully saturated rings. The third kappa shape index (κ3) is 3.99. The minimum absolute atomic E-state index is 0.0782. The van der Waals surface area contributed by atoms with E-state index in [1.54, 1.807) is 34.1 Å². The Bertz CT molecular complexity index is 1110. The molecule has 1 unspecified atom stereocenters. The van der Waals surface area contributed by atoms with Gasteiger partial charge in [0, 0.05) is 29.7 Å². The molecule has 0 saturated carbocycles. The van der Waals surface area contributed by atoms with Gasteiger partial charge in [0.25, 0.3) is 5.91 Å². The number of carbonyl (C=O) groups excluding carboxylic acids is 1. The zero-order valence-electron chi connectivity index (χ0n) is 17.2. The first-order chi connectivity index (χ1) is 14.6. The minimum atomic E-state index is -4.45. The van der Waals surface area contributed by atoms with Gasteiger partial charge in [0.15, 0.2) is 6.10 Å². The highest BCUT2D eigenvalue weighted by molar-refractivity contribution is 6.09. The second-order valence-electron chi connectivity index (χ2n) is 7.60. The SMILES string of the molecule is Cc1cc(-c2cnn3c2C(=O)N(c2ccc(OC(C)C(F)(F)F)cc2)C[C@@H]3C)ccn1. The number of amides is 1. The van der Waals surface area contributed by atoms with E-state index in [1.807, 2.05) is 26.0 Å².